The highest BCUT2D eigenvalue weighted by molar-refractivity contribution is 5.83. The monoisotopic (exact) mass is 480 g/mol. The third-order valence-electron chi connectivity index (χ3n) is 8.67. The summed E-state index contributed by atoms with van der Waals surface area (Å²) < 4.78 is 15.4. The second-order valence-electron chi connectivity index (χ2n) is 10.7. The van der Waals surface area contributed by atoms with Crippen LogP contribution >= 0.6 is 0 Å². The van der Waals surface area contributed by atoms with Crippen LogP contribution in [-0.2, 0) is 5.41 Å². The minimum atomic E-state index is -0.256. The lowest BCUT2D eigenvalue weighted by atomic mass is 9.86. The maximum absolute atomic E-state index is 13.5. The van der Waals surface area contributed by atoms with E-state index in [1.807, 2.05) is 15.8 Å². The zero-order valence-corrected chi connectivity index (χ0v) is 20.4. The van der Waals surface area contributed by atoms with E-state index in [1.165, 1.54) is 28.8 Å². The average molecular weight is 481 g/mol. The second-order valence-corrected chi connectivity index (χ2v) is 10.7. The van der Waals surface area contributed by atoms with Crippen molar-refractivity contribution in [3.05, 3.63) is 95.4 Å². The number of halogens is 1. The van der Waals surface area contributed by atoms with Crippen molar-refractivity contribution < 1.29 is 9.18 Å². The predicted molar refractivity (Wildman–Crippen MR) is 138 cm³/mol. The Morgan fingerprint density at radius 3 is 2.50 bits per heavy atom. The molecule has 6 heteroatoms. The molecule has 1 aromatic heterocycles. The number of benzene rings is 3. The van der Waals surface area contributed by atoms with Crippen LogP contribution < -0.4 is 0 Å². The van der Waals surface area contributed by atoms with Crippen LogP contribution in [0.25, 0.3) is 16.6 Å². The van der Waals surface area contributed by atoms with Gasteiger partial charge in [0.1, 0.15) is 5.82 Å². The average Bonchev–Trinajstić information content (AvgIpc) is 3.40. The highest BCUT2D eigenvalue weighted by Gasteiger charge is 2.71. The molecule has 0 spiro atoms. The van der Waals surface area contributed by atoms with Crippen molar-refractivity contribution in [2.75, 3.05) is 26.2 Å². The van der Waals surface area contributed by atoms with Crippen molar-refractivity contribution in [3.8, 4) is 5.69 Å². The summed E-state index contributed by atoms with van der Waals surface area (Å²) in [6.45, 7) is 5.49. The number of urea groups is 1. The van der Waals surface area contributed by atoms with E-state index in [9.17, 15) is 9.18 Å². The molecule has 0 bridgehead atoms. The molecule has 2 amide bonds. The van der Waals surface area contributed by atoms with Gasteiger partial charge in [-0.1, -0.05) is 30.3 Å². The molecule has 0 N–H and O–H groups in total. The number of aromatic nitrogens is 2. The zero-order chi connectivity index (χ0) is 24.4. The summed E-state index contributed by atoms with van der Waals surface area (Å²) in [7, 11) is 0. The summed E-state index contributed by atoms with van der Waals surface area (Å²) in [6, 6.07) is 21.9. The van der Waals surface area contributed by atoms with Gasteiger partial charge in [-0.05, 0) is 78.8 Å². The van der Waals surface area contributed by atoms with Gasteiger partial charge in [0.25, 0.3) is 0 Å². The van der Waals surface area contributed by atoms with Gasteiger partial charge in [-0.15, -0.1) is 0 Å². The van der Waals surface area contributed by atoms with Crippen LogP contribution in [0.2, 0.25) is 0 Å². The van der Waals surface area contributed by atoms with E-state index in [4.69, 9.17) is 0 Å². The number of hydrogen-bond donors (Lipinski definition) is 0. The molecule has 4 aromatic rings. The van der Waals surface area contributed by atoms with Gasteiger partial charge in [0.15, 0.2) is 0 Å². The lowest BCUT2D eigenvalue weighted by Crippen LogP contribution is -2.43. The van der Waals surface area contributed by atoms with E-state index in [0.717, 1.165) is 55.6 Å². The minimum Gasteiger partial charge on any atom is -0.325 e. The first kappa shape index (κ1) is 21.6. The highest BCUT2D eigenvalue weighted by atomic mass is 19.1. The third-order valence-corrected chi connectivity index (χ3v) is 8.67. The number of amides is 2. The van der Waals surface area contributed by atoms with Crippen LogP contribution in [0.5, 0.6) is 0 Å². The standard InChI is InChI=1S/C30H29FN4O/c1-20-15-27-22(17-32-35(27)24-11-9-23(31)10-12-24)16-25(20)30-19-34(29(36)33-13-5-6-14-33)18-26(30)28(30)21-7-3-2-4-8-21/h2-4,7-12,15-17,26,28H,5-6,13-14,18-19H2,1H3/t26-,28-,30+/m0/s1. The molecule has 7 rings (SSSR count). The minimum absolute atomic E-state index is 0.0764. The molecule has 3 aromatic carbocycles. The smallest absolute Gasteiger partial charge is 0.320 e. The molecule has 3 heterocycles. The van der Waals surface area contributed by atoms with E-state index in [2.05, 4.69) is 59.4 Å². The van der Waals surface area contributed by atoms with Gasteiger partial charge in [0.2, 0.25) is 0 Å². The first-order chi connectivity index (χ1) is 17.6. The van der Waals surface area contributed by atoms with E-state index < -0.39 is 0 Å². The van der Waals surface area contributed by atoms with Crippen molar-refractivity contribution in [1.82, 2.24) is 19.6 Å². The van der Waals surface area contributed by atoms with Gasteiger partial charge in [0, 0.05) is 42.9 Å². The molecule has 182 valence electrons. The molecule has 2 saturated heterocycles. The summed E-state index contributed by atoms with van der Waals surface area (Å²) in [5, 5.41) is 5.70. The van der Waals surface area contributed by atoms with Gasteiger partial charge in [0.05, 0.1) is 17.4 Å². The molecule has 3 aliphatic rings. The van der Waals surface area contributed by atoms with Crippen LogP contribution in [0.15, 0.2) is 72.9 Å². The molecule has 3 fully saturated rings. The normalized spacial score (nSPS) is 24.9. The molecular weight excluding hydrogens is 451 g/mol. The molecule has 1 aliphatic carbocycles. The second kappa shape index (κ2) is 7.92. The Balaban J connectivity index is 1.30. The first-order valence-electron chi connectivity index (χ1n) is 12.9. The number of aryl methyl sites for hydroxylation is 1. The van der Waals surface area contributed by atoms with Crippen LogP contribution in [0, 0.1) is 18.7 Å². The Morgan fingerprint density at radius 1 is 1.00 bits per heavy atom. The summed E-state index contributed by atoms with van der Waals surface area (Å²) in [5.41, 5.74) is 5.67. The van der Waals surface area contributed by atoms with Gasteiger partial charge in [-0.3, -0.25) is 0 Å². The summed E-state index contributed by atoms with van der Waals surface area (Å²) in [4.78, 5) is 17.4. The largest absolute Gasteiger partial charge is 0.325 e. The SMILES string of the molecule is Cc1cc2c(cnn2-c2ccc(F)cc2)cc1[C@]12CN(C(=O)N3CCCC3)C[C@H]1[C@@H]2c1ccccc1. The molecule has 5 nitrogen and oxygen atoms in total. The number of rotatable bonds is 3. The van der Waals surface area contributed by atoms with E-state index in [-0.39, 0.29) is 17.3 Å². The van der Waals surface area contributed by atoms with E-state index in [1.54, 1.807) is 12.1 Å². The highest BCUT2D eigenvalue weighted by Crippen LogP contribution is 2.69. The fraction of sp³-hybridized carbons (Fsp3) is 0.333. The first-order valence-corrected chi connectivity index (χ1v) is 12.9. The van der Waals surface area contributed by atoms with Gasteiger partial charge in [-0.25, -0.2) is 13.9 Å². The fourth-order valence-corrected chi connectivity index (χ4v) is 6.98. The van der Waals surface area contributed by atoms with Gasteiger partial charge in [-0.2, -0.15) is 5.10 Å². The Labute approximate surface area is 210 Å². The van der Waals surface area contributed by atoms with Crippen LogP contribution in [0.3, 0.4) is 0 Å². The summed E-state index contributed by atoms with van der Waals surface area (Å²) >= 11 is 0. The number of nitrogens with zero attached hydrogens (tertiary/aromatic N) is 4. The fourth-order valence-electron chi connectivity index (χ4n) is 6.98. The number of carbonyl (C=O) groups is 1. The topological polar surface area (TPSA) is 41.4 Å². The summed E-state index contributed by atoms with van der Waals surface area (Å²) in [5.74, 6) is 0.563. The Hall–Kier alpha value is -3.67. The van der Waals surface area contributed by atoms with E-state index in [0.29, 0.717) is 11.8 Å². The number of fused-ring (bicyclic) bond motifs is 2. The van der Waals surface area contributed by atoms with Crippen molar-refractivity contribution >= 4 is 16.9 Å². The summed E-state index contributed by atoms with van der Waals surface area (Å²) in [6.07, 6.45) is 4.11. The molecule has 3 atom stereocenters. The van der Waals surface area contributed by atoms with Crippen LogP contribution in [0.1, 0.15) is 35.4 Å². The lowest BCUT2D eigenvalue weighted by Gasteiger charge is -2.29. The molecule has 2 aliphatic heterocycles. The Bertz CT molecular complexity index is 1460. The van der Waals surface area contributed by atoms with E-state index >= 15 is 0 Å². The van der Waals surface area contributed by atoms with Crippen molar-refractivity contribution in [1.29, 1.82) is 0 Å². The van der Waals surface area contributed by atoms with Gasteiger partial charge < -0.3 is 9.80 Å². The molecule has 0 radical (unpaired) electrons. The number of carbonyl (C=O) groups excluding carboxylic acids is 1. The molecular formula is C30H29FN4O. The van der Waals surface area contributed by atoms with Crippen LogP contribution in [-0.4, -0.2) is 51.8 Å². The van der Waals surface area contributed by atoms with Crippen molar-refractivity contribution in [2.24, 2.45) is 5.92 Å². The molecule has 1 saturated carbocycles. The lowest BCUT2D eigenvalue weighted by molar-refractivity contribution is 0.166. The van der Waals surface area contributed by atoms with Crippen molar-refractivity contribution in [3.63, 3.8) is 0 Å². The van der Waals surface area contributed by atoms with Crippen LogP contribution in [0.4, 0.5) is 9.18 Å². The Morgan fingerprint density at radius 2 is 1.75 bits per heavy atom. The van der Waals surface area contributed by atoms with Gasteiger partial charge >= 0.3 is 6.03 Å². The number of piperidine rings is 1. The quantitative estimate of drug-likeness (QED) is 0.380. The third kappa shape index (κ3) is 3.13. The number of likely N-dealkylation sites (tertiary alicyclic amines) is 2. The van der Waals surface area contributed by atoms with Crippen molar-refractivity contribution in [2.45, 2.75) is 31.1 Å². The maximum Gasteiger partial charge on any atom is 0.320 e. The Kier molecular flexibility index (Phi) is 4.75. The number of hydrogen-bond acceptors (Lipinski definition) is 2. The zero-order valence-electron chi connectivity index (χ0n) is 20.4. The molecule has 36 heavy (non-hydrogen) atoms. The maximum atomic E-state index is 13.5. The predicted octanol–water partition coefficient (Wildman–Crippen LogP) is 5.66. The molecule has 0 unspecified atom stereocenters.